The van der Waals surface area contributed by atoms with Crippen LogP contribution in [-0.4, -0.2) is 5.11 Å². The quantitative estimate of drug-likeness (QED) is 0.888. The van der Waals surface area contributed by atoms with E-state index in [0.717, 1.165) is 29.3 Å². The van der Waals surface area contributed by atoms with Crippen molar-refractivity contribution in [2.24, 2.45) is 5.92 Å². The van der Waals surface area contributed by atoms with Gasteiger partial charge in [-0.2, -0.15) is 0 Å². The molecule has 1 aliphatic carbocycles. The highest BCUT2D eigenvalue weighted by Gasteiger charge is 2.54. The van der Waals surface area contributed by atoms with Crippen LogP contribution >= 0.6 is 27.5 Å². The number of hydrogen-bond donors (Lipinski definition) is 1. The second-order valence-electron chi connectivity index (χ2n) is 4.24. The third kappa shape index (κ3) is 2.08. The first-order chi connectivity index (χ1) is 7.08. The molecule has 1 fully saturated rings. The number of halogens is 2. The van der Waals surface area contributed by atoms with Gasteiger partial charge in [-0.05, 0) is 37.0 Å². The Morgan fingerprint density at radius 2 is 2.33 bits per heavy atom. The van der Waals surface area contributed by atoms with Gasteiger partial charge in [-0.25, -0.2) is 0 Å². The fourth-order valence-corrected chi connectivity index (χ4v) is 2.81. The summed E-state index contributed by atoms with van der Waals surface area (Å²) < 4.78 is 0.970. The lowest BCUT2D eigenvalue weighted by molar-refractivity contribution is 0.129. The minimum Gasteiger partial charge on any atom is -0.385 e. The Morgan fingerprint density at radius 1 is 1.60 bits per heavy atom. The van der Waals surface area contributed by atoms with Crippen molar-refractivity contribution in [2.45, 2.75) is 31.8 Å². The molecule has 1 aromatic carbocycles. The zero-order chi connectivity index (χ0) is 11.1. The number of rotatable bonds is 3. The van der Waals surface area contributed by atoms with Gasteiger partial charge >= 0.3 is 0 Å². The van der Waals surface area contributed by atoms with E-state index in [2.05, 4.69) is 22.9 Å². The fraction of sp³-hybridized carbons (Fsp3) is 0.500. The minimum atomic E-state index is -0.670. The molecule has 1 saturated carbocycles. The van der Waals surface area contributed by atoms with Gasteiger partial charge in [0.1, 0.15) is 0 Å². The molecule has 0 amide bonds. The molecular formula is C12H14BrClO. The van der Waals surface area contributed by atoms with Crippen LogP contribution in [0.4, 0.5) is 0 Å². The lowest BCUT2D eigenvalue weighted by atomic mass is 10.0. The van der Waals surface area contributed by atoms with Crippen molar-refractivity contribution in [2.75, 3.05) is 0 Å². The molecule has 0 aliphatic heterocycles. The molecule has 1 nitrogen and oxygen atoms in total. The van der Waals surface area contributed by atoms with Crippen LogP contribution in [-0.2, 0) is 5.60 Å². The Kier molecular flexibility index (Phi) is 3.11. The summed E-state index contributed by atoms with van der Waals surface area (Å²) in [4.78, 5) is 0. The molecule has 0 saturated heterocycles. The Balaban J connectivity index is 2.27. The summed E-state index contributed by atoms with van der Waals surface area (Å²) in [6.07, 6.45) is 3.02. The highest BCUT2D eigenvalue weighted by Crippen LogP contribution is 2.56. The minimum absolute atomic E-state index is 0.384. The second kappa shape index (κ2) is 4.08. The van der Waals surface area contributed by atoms with Gasteiger partial charge in [0, 0.05) is 15.1 Å². The van der Waals surface area contributed by atoms with Gasteiger partial charge < -0.3 is 5.11 Å². The van der Waals surface area contributed by atoms with Gasteiger partial charge in [-0.3, -0.25) is 0 Å². The molecular weight excluding hydrogens is 275 g/mol. The number of hydrogen-bond acceptors (Lipinski definition) is 1. The predicted molar refractivity (Wildman–Crippen MR) is 66.1 cm³/mol. The fourth-order valence-electron chi connectivity index (χ4n) is 2.17. The largest absolute Gasteiger partial charge is 0.385 e. The molecule has 2 unspecified atom stereocenters. The third-order valence-electron chi connectivity index (χ3n) is 3.10. The summed E-state index contributed by atoms with van der Waals surface area (Å²) in [5.74, 6) is 0.384. The van der Waals surface area contributed by atoms with Crippen LogP contribution in [0.15, 0.2) is 22.7 Å². The summed E-state index contributed by atoms with van der Waals surface area (Å²) in [6.45, 7) is 2.14. The Morgan fingerprint density at radius 3 is 3.00 bits per heavy atom. The predicted octanol–water partition coefficient (Wildman–Crippen LogP) is 4.11. The summed E-state index contributed by atoms with van der Waals surface area (Å²) in [5, 5.41) is 11.1. The summed E-state index contributed by atoms with van der Waals surface area (Å²) >= 11 is 9.51. The first-order valence-electron chi connectivity index (χ1n) is 5.26. The van der Waals surface area contributed by atoms with Gasteiger partial charge in [-0.1, -0.05) is 40.9 Å². The molecule has 0 aromatic heterocycles. The van der Waals surface area contributed by atoms with Crippen LogP contribution in [0.2, 0.25) is 5.02 Å². The smallest absolute Gasteiger partial charge is 0.0944 e. The van der Waals surface area contributed by atoms with E-state index in [1.807, 2.05) is 18.2 Å². The van der Waals surface area contributed by atoms with E-state index in [0.29, 0.717) is 10.9 Å². The number of benzene rings is 1. The van der Waals surface area contributed by atoms with Crippen LogP contribution in [0, 0.1) is 5.92 Å². The van der Waals surface area contributed by atoms with Gasteiger partial charge in [0.25, 0.3) is 0 Å². The second-order valence-corrected chi connectivity index (χ2v) is 5.56. The first-order valence-corrected chi connectivity index (χ1v) is 6.43. The van der Waals surface area contributed by atoms with Crippen molar-refractivity contribution in [3.8, 4) is 0 Å². The van der Waals surface area contributed by atoms with Crippen LogP contribution < -0.4 is 0 Å². The van der Waals surface area contributed by atoms with Gasteiger partial charge in [-0.15, -0.1) is 0 Å². The maximum atomic E-state index is 10.4. The molecule has 0 heterocycles. The summed E-state index contributed by atoms with van der Waals surface area (Å²) in [5.41, 5.74) is 0.202. The SMILES string of the molecule is CCCC1CC1(O)c1cc(Br)ccc1Cl. The van der Waals surface area contributed by atoms with Gasteiger partial charge in [0.05, 0.1) is 5.60 Å². The molecule has 1 aliphatic rings. The number of aliphatic hydroxyl groups is 1. The van der Waals surface area contributed by atoms with Crippen molar-refractivity contribution < 1.29 is 5.11 Å². The monoisotopic (exact) mass is 288 g/mol. The topological polar surface area (TPSA) is 20.2 Å². The van der Waals surface area contributed by atoms with Crippen molar-refractivity contribution >= 4 is 27.5 Å². The van der Waals surface area contributed by atoms with Crippen molar-refractivity contribution in [3.63, 3.8) is 0 Å². The van der Waals surface area contributed by atoms with Gasteiger partial charge in [0.2, 0.25) is 0 Å². The Bertz CT molecular complexity index is 380. The first kappa shape index (κ1) is 11.4. The maximum Gasteiger partial charge on any atom is 0.0944 e. The molecule has 0 bridgehead atoms. The van der Waals surface area contributed by atoms with Crippen molar-refractivity contribution in [3.05, 3.63) is 33.3 Å². The molecule has 0 radical (unpaired) electrons. The van der Waals surface area contributed by atoms with Gasteiger partial charge in [0.15, 0.2) is 0 Å². The maximum absolute atomic E-state index is 10.4. The van der Waals surface area contributed by atoms with E-state index in [-0.39, 0.29) is 0 Å². The average molecular weight is 290 g/mol. The molecule has 15 heavy (non-hydrogen) atoms. The van der Waals surface area contributed by atoms with E-state index >= 15 is 0 Å². The lowest BCUT2D eigenvalue weighted by Crippen LogP contribution is -2.09. The summed E-state index contributed by atoms with van der Waals surface area (Å²) in [6, 6.07) is 5.66. The van der Waals surface area contributed by atoms with Crippen molar-refractivity contribution in [1.82, 2.24) is 0 Å². The normalized spacial score (nSPS) is 29.2. The average Bonchev–Trinajstić information content (AvgIpc) is 2.83. The molecule has 0 spiro atoms. The Hall–Kier alpha value is -0.0500. The van der Waals surface area contributed by atoms with E-state index in [1.165, 1.54) is 0 Å². The zero-order valence-corrected chi connectivity index (χ0v) is 11.0. The van der Waals surface area contributed by atoms with E-state index in [1.54, 1.807) is 0 Å². The highest BCUT2D eigenvalue weighted by molar-refractivity contribution is 9.10. The van der Waals surface area contributed by atoms with E-state index in [9.17, 15) is 5.11 Å². The summed E-state index contributed by atoms with van der Waals surface area (Å²) in [7, 11) is 0. The Labute approximate surface area is 104 Å². The van der Waals surface area contributed by atoms with E-state index < -0.39 is 5.60 Å². The molecule has 2 atom stereocenters. The standard InChI is InChI=1S/C12H14BrClO/c1-2-3-8-7-12(8,15)10-6-9(13)4-5-11(10)14/h4-6,8,15H,2-3,7H2,1H3. The van der Waals surface area contributed by atoms with Crippen LogP contribution in [0.25, 0.3) is 0 Å². The molecule has 1 N–H and O–H groups in total. The lowest BCUT2D eigenvalue weighted by Gasteiger charge is -2.13. The van der Waals surface area contributed by atoms with Crippen LogP contribution in [0.3, 0.4) is 0 Å². The highest BCUT2D eigenvalue weighted by atomic mass is 79.9. The van der Waals surface area contributed by atoms with Crippen LogP contribution in [0.5, 0.6) is 0 Å². The molecule has 2 rings (SSSR count). The zero-order valence-electron chi connectivity index (χ0n) is 8.63. The van der Waals surface area contributed by atoms with E-state index in [4.69, 9.17) is 11.6 Å². The van der Waals surface area contributed by atoms with Crippen molar-refractivity contribution in [1.29, 1.82) is 0 Å². The molecule has 3 heteroatoms. The third-order valence-corrected chi connectivity index (χ3v) is 3.93. The molecule has 82 valence electrons. The molecule has 1 aromatic rings. The van der Waals surface area contributed by atoms with Crippen LogP contribution in [0.1, 0.15) is 31.7 Å².